The van der Waals surface area contributed by atoms with Gasteiger partial charge in [-0.1, -0.05) is 13.8 Å². The van der Waals surface area contributed by atoms with E-state index >= 15 is 0 Å². The van der Waals surface area contributed by atoms with Crippen LogP contribution in [0.3, 0.4) is 0 Å². The highest BCUT2D eigenvalue weighted by Crippen LogP contribution is 2.34. The fourth-order valence-electron chi connectivity index (χ4n) is 3.94. The van der Waals surface area contributed by atoms with E-state index in [0.29, 0.717) is 54.8 Å². The summed E-state index contributed by atoms with van der Waals surface area (Å²) >= 11 is 0. The third kappa shape index (κ3) is 5.60. The monoisotopic (exact) mass is 530 g/mol. The molecule has 0 aliphatic carbocycles. The number of methoxy groups -OCH3 is 1. The largest absolute Gasteiger partial charge is 0.497 e. The molecule has 0 atom stereocenters. The molecule has 1 aliphatic rings. The van der Waals surface area contributed by atoms with Gasteiger partial charge < -0.3 is 9.47 Å². The molecule has 0 aromatic heterocycles. The zero-order valence-corrected chi connectivity index (χ0v) is 22.1. The molecule has 0 radical (unpaired) electrons. The Balaban J connectivity index is 1.54. The Morgan fingerprint density at radius 3 is 2.17 bits per heavy atom. The highest BCUT2D eigenvalue weighted by molar-refractivity contribution is 7.93. The van der Waals surface area contributed by atoms with Gasteiger partial charge in [-0.25, -0.2) is 16.8 Å². The van der Waals surface area contributed by atoms with Crippen LogP contribution in [0.25, 0.3) is 0 Å². The van der Waals surface area contributed by atoms with E-state index in [-0.39, 0.29) is 9.79 Å². The lowest BCUT2D eigenvalue weighted by Gasteiger charge is -2.31. The maximum atomic E-state index is 13.3. The Morgan fingerprint density at radius 2 is 1.53 bits per heavy atom. The minimum Gasteiger partial charge on any atom is -0.497 e. The van der Waals surface area contributed by atoms with Crippen LogP contribution in [0.1, 0.15) is 25.8 Å². The van der Waals surface area contributed by atoms with E-state index in [1.54, 1.807) is 42.5 Å². The van der Waals surface area contributed by atoms with E-state index in [4.69, 9.17) is 9.47 Å². The van der Waals surface area contributed by atoms with Crippen molar-refractivity contribution in [3.05, 3.63) is 72.3 Å². The van der Waals surface area contributed by atoms with E-state index in [0.717, 1.165) is 5.56 Å². The fraction of sp³-hybridized carbons (Fsp3) is 0.308. The molecule has 3 aromatic carbocycles. The molecule has 10 heteroatoms. The van der Waals surface area contributed by atoms with Crippen LogP contribution in [-0.4, -0.2) is 37.1 Å². The first kappa shape index (κ1) is 25.8. The summed E-state index contributed by atoms with van der Waals surface area (Å²) in [6.07, 6.45) is 1.26. The molecule has 0 bridgehead atoms. The van der Waals surface area contributed by atoms with Crippen molar-refractivity contribution in [2.45, 2.75) is 36.5 Å². The standard InChI is InChI=1S/C26H30N2O6S2/c1-19(2)18-34-23-9-11-24(12-10-23)35(29,30)27-21-6-15-26-20(17-21)5-4-16-28(26)36(31,32)25-13-7-22(33-3)8-14-25/h6-15,17,19,27H,4-5,16,18H2,1-3H3. The van der Waals surface area contributed by atoms with Crippen LogP contribution in [-0.2, 0) is 26.5 Å². The molecule has 0 amide bonds. The van der Waals surface area contributed by atoms with Crippen molar-refractivity contribution in [1.82, 2.24) is 0 Å². The number of nitrogens with zero attached hydrogens (tertiary/aromatic N) is 1. The summed E-state index contributed by atoms with van der Waals surface area (Å²) in [7, 11) is -6.09. The van der Waals surface area contributed by atoms with E-state index in [2.05, 4.69) is 4.72 Å². The number of nitrogens with one attached hydrogen (secondary N) is 1. The number of anilines is 2. The Labute approximate surface area is 213 Å². The topological polar surface area (TPSA) is 102 Å². The first-order valence-corrected chi connectivity index (χ1v) is 14.6. The molecule has 1 N–H and O–H groups in total. The third-order valence-electron chi connectivity index (χ3n) is 5.77. The summed E-state index contributed by atoms with van der Waals surface area (Å²) in [5, 5.41) is 0. The number of ether oxygens (including phenoxy) is 2. The lowest BCUT2D eigenvalue weighted by molar-refractivity contribution is 0.271. The Hall–Kier alpha value is -3.24. The quantitative estimate of drug-likeness (QED) is 0.431. The number of hydrogen-bond acceptors (Lipinski definition) is 6. The van der Waals surface area contributed by atoms with Gasteiger partial charge in [-0.15, -0.1) is 0 Å². The molecule has 1 heterocycles. The Morgan fingerprint density at radius 1 is 0.889 bits per heavy atom. The summed E-state index contributed by atoms with van der Waals surface area (Å²) in [6, 6.07) is 17.4. The van der Waals surface area contributed by atoms with Crippen molar-refractivity contribution >= 4 is 31.4 Å². The molecule has 36 heavy (non-hydrogen) atoms. The first-order chi connectivity index (χ1) is 17.1. The summed E-state index contributed by atoms with van der Waals surface area (Å²) < 4.78 is 67.2. The van der Waals surface area contributed by atoms with Gasteiger partial charge in [-0.2, -0.15) is 0 Å². The molecular formula is C26H30N2O6S2. The van der Waals surface area contributed by atoms with Gasteiger partial charge in [0.2, 0.25) is 0 Å². The number of hydrogen-bond donors (Lipinski definition) is 1. The van der Waals surface area contributed by atoms with Crippen molar-refractivity contribution in [2.24, 2.45) is 5.92 Å². The molecular weight excluding hydrogens is 500 g/mol. The van der Waals surface area contributed by atoms with Crippen LogP contribution in [0.2, 0.25) is 0 Å². The third-order valence-corrected chi connectivity index (χ3v) is 9.00. The normalized spacial score (nSPS) is 13.8. The van der Waals surface area contributed by atoms with Crippen LogP contribution < -0.4 is 18.5 Å². The zero-order chi connectivity index (χ0) is 25.9. The molecule has 3 aromatic rings. The van der Waals surface area contributed by atoms with Gasteiger partial charge in [0.15, 0.2) is 0 Å². The Bertz CT molecular complexity index is 1420. The molecule has 8 nitrogen and oxygen atoms in total. The maximum Gasteiger partial charge on any atom is 0.264 e. The van der Waals surface area contributed by atoms with Crippen molar-refractivity contribution in [3.63, 3.8) is 0 Å². The molecule has 0 fully saturated rings. The second kappa shape index (κ2) is 10.4. The molecule has 0 unspecified atom stereocenters. The average molecular weight is 531 g/mol. The SMILES string of the molecule is COc1ccc(S(=O)(=O)N2CCCc3cc(NS(=O)(=O)c4ccc(OCC(C)C)cc4)ccc32)cc1. The predicted octanol–water partition coefficient (Wildman–Crippen LogP) is 4.67. The Kier molecular flexibility index (Phi) is 7.46. The van der Waals surface area contributed by atoms with Crippen LogP contribution in [0, 0.1) is 5.92 Å². The number of benzene rings is 3. The number of sulfonamides is 2. The minimum atomic E-state index is -3.83. The van der Waals surface area contributed by atoms with Crippen LogP contribution in [0.4, 0.5) is 11.4 Å². The predicted molar refractivity (Wildman–Crippen MR) is 140 cm³/mol. The fourth-order valence-corrected chi connectivity index (χ4v) is 6.53. The van der Waals surface area contributed by atoms with Gasteiger partial charge in [0.05, 0.1) is 29.2 Å². The van der Waals surface area contributed by atoms with Gasteiger partial charge in [0.1, 0.15) is 11.5 Å². The lowest BCUT2D eigenvalue weighted by atomic mass is 10.0. The second-order valence-electron chi connectivity index (χ2n) is 8.98. The molecule has 0 saturated heterocycles. The van der Waals surface area contributed by atoms with Gasteiger partial charge >= 0.3 is 0 Å². The number of aryl methyl sites for hydroxylation is 1. The molecule has 1 aliphatic heterocycles. The van der Waals surface area contributed by atoms with E-state index in [1.165, 1.54) is 35.7 Å². The van der Waals surface area contributed by atoms with Crippen molar-refractivity contribution in [2.75, 3.05) is 29.3 Å². The summed E-state index contributed by atoms with van der Waals surface area (Å²) in [5.74, 6) is 1.54. The van der Waals surface area contributed by atoms with E-state index in [1.807, 2.05) is 13.8 Å². The minimum absolute atomic E-state index is 0.112. The lowest BCUT2D eigenvalue weighted by Crippen LogP contribution is -2.35. The summed E-state index contributed by atoms with van der Waals surface area (Å²) in [6.45, 7) is 4.96. The smallest absolute Gasteiger partial charge is 0.264 e. The molecule has 4 rings (SSSR count). The van der Waals surface area contributed by atoms with E-state index < -0.39 is 20.0 Å². The van der Waals surface area contributed by atoms with Crippen LogP contribution >= 0.6 is 0 Å². The maximum absolute atomic E-state index is 13.3. The average Bonchev–Trinajstić information content (AvgIpc) is 2.87. The molecule has 0 spiro atoms. The van der Waals surface area contributed by atoms with Crippen molar-refractivity contribution in [1.29, 1.82) is 0 Å². The van der Waals surface area contributed by atoms with Crippen LogP contribution in [0.15, 0.2) is 76.5 Å². The van der Waals surface area contributed by atoms with Gasteiger partial charge in [-0.05, 0) is 91.1 Å². The van der Waals surface area contributed by atoms with Crippen molar-refractivity contribution in [3.8, 4) is 11.5 Å². The van der Waals surface area contributed by atoms with Crippen LogP contribution in [0.5, 0.6) is 11.5 Å². The van der Waals surface area contributed by atoms with Gasteiger partial charge in [0, 0.05) is 12.2 Å². The highest BCUT2D eigenvalue weighted by atomic mass is 32.2. The zero-order valence-electron chi connectivity index (χ0n) is 20.5. The summed E-state index contributed by atoms with van der Waals surface area (Å²) in [5.41, 5.74) is 1.68. The second-order valence-corrected chi connectivity index (χ2v) is 12.5. The molecule has 0 saturated carbocycles. The number of rotatable bonds is 9. The molecule has 192 valence electrons. The van der Waals surface area contributed by atoms with Gasteiger partial charge in [0.25, 0.3) is 20.0 Å². The first-order valence-electron chi connectivity index (χ1n) is 11.7. The van der Waals surface area contributed by atoms with E-state index in [9.17, 15) is 16.8 Å². The number of fused-ring (bicyclic) bond motifs is 1. The van der Waals surface area contributed by atoms with Gasteiger partial charge in [-0.3, -0.25) is 9.03 Å². The summed E-state index contributed by atoms with van der Waals surface area (Å²) in [4.78, 5) is 0.280. The highest BCUT2D eigenvalue weighted by Gasteiger charge is 2.29. The van der Waals surface area contributed by atoms with Crippen molar-refractivity contribution < 1.29 is 26.3 Å².